The second kappa shape index (κ2) is 10.8. The standard InChI is InChI=1S/C44H28N2/c1-3-11-29(12-4-1)41-36-18-7-8-19-37(36)42(30-13-5-2-6-14-30)39-28-34(22-24-38(39)41)33-15-9-16-35(27-33)40-25-23-32-21-20-31-17-10-26-45-43(31)44(32)46-40/h1-28H. The Morgan fingerprint density at radius 1 is 0.326 bits per heavy atom. The predicted octanol–water partition coefficient (Wildman–Crippen LogP) is 11.8. The van der Waals surface area contributed by atoms with Crippen LogP contribution >= 0.6 is 0 Å². The van der Waals surface area contributed by atoms with Gasteiger partial charge in [-0.25, -0.2) is 4.98 Å². The molecule has 0 unspecified atom stereocenters. The van der Waals surface area contributed by atoms with Gasteiger partial charge in [0, 0.05) is 22.5 Å². The van der Waals surface area contributed by atoms with Gasteiger partial charge in [0.05, 0.1) is 16.7 Å². The van der Waals surface area contributed by atoms with Crippen molar-refractivity contribution in [2.75, 3.05) is 0 Å². The molecule has 2 heterocycles. The zero-order chi connectivity index (χ0) is 30.5. The van der Waals surface area contributed by atoms with Gasteiger partial charge in [-0.05, 0) is 79.2 Å². The molecule has 2 heteroatoms. The van der Waals surface area contributed by atoms with E-state index in [0.717, 1.165) is 38.6 Å². The molecular formula is C44H28N2. The van der Waals surface area contributed by atoms with Crippen molar-refractivity contribution in [2.24, 2.45) is 0 Å². The van der Waals surface area contributed by atoms with E-state index in [2.05, 4.69) is 163 Å². The third kappa shape index (κ3) is 4.35. The van der Waals surface area contributed by atoms with Crippen molar-refractivity contribution in [3.05, 3.63) is 170 Å². The second-order valence-corrected chi connectivity index (χ2v) is 11.8. The minimum atomic E-state index is 0.930. The van der Waals surface area contributed by atoms with Crippen molar-refractivity contribution in [3.8, 4) is 44.6 Å². The molecule has 0 atom stereocenters. The molecule has 0 bridgehead atoms. The van der Waals surface area contributed by atoms with Crippen molar-refractivity contribution in [1.82, 2.24) is 9.97 Å². The summed E-state index contributed by atoms with van der Waals surface area (Å²) < 4.78 is 0. The van der Waals surface area contributed by atoms with E-state index in [1.165, 1.54) is 49.4 Å². The van der Waals surface area contributed by atoms with Gasteiger partial charge in [-0.1, -0.05) is 140 Å². The van der Waals surface area contributed by atoms with Crippen LogP contribution in [-0.2, 0) is 0 Å². The van der Waals surface area contributed by atoms with Gasteiger partial charge in [0.1, 0.15) is 0 Å². The molecule has 0 aliphatic carbocycles. The summed E-state index contributed by atoms with van der Waals surface area (Å²) in [5, 5.41) is 7.20. The first kappa shape index (κ1) is 26.3. The average Bonchev–Trinajstić information content (AvgIpc) is 3.14. The van der Waals surface area contributed by atoms with Crippen LogP contribution in [0.4, 0.5) is 0 Å². The molecule has 214 valence electrons. The minimum Gasteiger partial charge on any atom is -0.254 e. The number of aromatic nitrogens is 2. The molecule has 0 spiro atoms. The van der Waals surface area contributed by atoms with Crippen molar-refractivity contribution in [3.63, 3.8) is 0 Å². The van der Waals surface area contributed by atoms with Gasteiger partial charge in [-0.15, -0.1) is 0 Å². The monoisotopic (exact) mass is 584 g/mol. The fourth-order valence-electron chi connectivity index (χ4n) is 6.93. The molecule has 0 saturated carbocycles. The van der Waals surface area contributed by atoms with Crippen molar-refractivity contribution in [2.45, 2.75) is 0 Å². The first-order chi connectivity index (χ1) is 22.8. The number of nitrogens with zero attached hydrogens (tertiary/aromatic N) is 2. The molecule has 9 aromatic rings. The van der Waals surface area contributed by atoms with E-state index in [9.17, 15) is 0 Å². The summed E-state index contributed by atoms with van der Waals surface area (Å²) in [7, 11) is 0. The third-order valence-corrected chi connectivity index (χ3v) is 9.07. The van der Waals surface area contributed by atoms with Gasteiger partial charge in [-0.3, -0.25) is 4.98 Å². The number of hydrogen-bond acceptors (Lipinski definition) is 2. The predicted molar refractivity (Wildman–Crippen MR) is 194 cm³/mol. The number of benzene rings is 7. The summed E-state index contributed by atoms with van der Waals surface area (Å²) in [6.45, 7) is 0. The lowest BCUT2D eigenvalue weighted by Gasteiger charge is -2.19. The molecule has 7 aromatic carbocycles. The molecular weight excluding hydrogens is 556 g/mol. The van der Waals surface area contributed by atoms with Crippen LogP contribution < -0.4 is 0 Å². The summed E-state index contributed by atoms with van der Waals surface area (Å²) in [5.41, 5.74) is 11.2. The number of fused-ring (bicyclic) bond motifs is 5. The van der Waals surface area contributed by atoms with Crippen LogP contribution in [0.5, 0.6) is 0 Å². The molecule has 0 N–H and O–H groups in total. The lowest BCUT2D eigenvalue weighted by molar-refractivity contribution is 1.37. The molecule has 9 rings (SSSR count). The van der Waals surface area contributed by atoms with E-state index in [1.807, 2.05) is 12.3 Å². The maximum absolute atomic E-state index is 5.13. The van der Waals surface area contributed by atoms with E-state index in [-0.39, 0.29) is 0 Å². The number of rotatable bonds is 4. The summed E-state index contributed by atoms with van der Waals surface area (Å²) in [4.78, 5) is 9.79. The maximum atomic E-state index is 5.13. The fourth-order valence-corrected chi connectivity index (χ4v) is 6.93. The molecule has 0 fully saturated rings. The molecule has 2 nitrogen and oxygen atoms in total. The molecule has 46 heavy (non-hydrogen) atoms. The van der Waals surface area contributed by atoms with Crippen LogP contribution in [0.3, 0.4) is 0 Å². The van der Waals surface area contributed by atoms with Crippen LogP contribution in [0.1, 0.15) is 0 Å². The van der Waals surface area contributed by atoms with Crippen LogP contribution in [0.2, 0.25) is 0 Å². The minimum absolute atomic E-state index is 0.930. The summed E-state index contributed by atoms with van der Waals surface area (Å²) in [6, 6.07) is 58.6. The largest absolute Gasteiger partial charge is 0.254 e. The molecule has 0 radical (unpaired) electrons. The summed E-state index contributed by atoms with van der Waals surface area (Å²) >= 11 is 0. The van der Waals surface area contributed by atoms with Gasteiger partial charge in [0.15, 0.2) is 0 Å². The first-order valence-electron chi connectivity index (χ1n) is 15.7. The highest BCUT2D eigenvalue weighted by Gasteiger charge is 2.17. The smallest absolute Gasteiger partial charge is 0.0972 e. The van der Waals surface area contributed by atoms with E-state index in [0.29, 0.717) is 0 Å². The zero-order valence-electron chi connectivity index (χ0n) is 25.1. The molecule has 0 aliphatic heterocycles. The summed E-state index contributed by atoms with van der Waals surface area (Å²) in [5.74, 6) is 0. The quantitative estimate of drug-likeness (QED) is 0.152. The van der Waals surface area contributed by atoms with Gasteiger partial charge in [0.25, 0.3) is 0 Å². The highest BCUT2D eigenvalue weighted by atomic mass is 14.7. The Hall–Kier alpha value is -6.12. The third-order valence-electron chi connectivity index (χ3n) is 9.07. The molecule has 0 amide bonds. The highest BCUT2D eigenvalue weighted by Crippen LogP contribution is 2.44. The topological polar surface area (TPSA) is 25.8 Å². The fraction of sp³-hybridized carbons (Fsp3) is 0. The van der Waals surface area contributed by atoms with Gasteiger partial charge in [-0.2, -0.15) is 0 Å². The normalized spacial score (nSPS) is 11.5. The summed E-state index contributed by atoms with van der Waals surface area (Å²) in [6.07, 6.45) is 1.84. The van der Waals surface area contributed by atoms with E-state index >= 15 is 0 Å². The Balaban J connectivity index is 1.27. The molecule has 0 aliphatic rings. The van der Waals surface area contributed by atoms with Crippen LogP contribution in [0.15, 0.2) is 170 Å². The van der Waals surface area contributed by atoms with Crippen molar-refractivity contribution < 1.29 is 0 Å². The molecule has 0 saturated heterocycles. The Morgan fingerprint density at radius 3 is 1.63 bits per heavy atom. The lowest BCUT2D eigenvalue weighted by Crippen LogP contribution is -1.92. The number of hydrogen-bond donors (Lipinski definition) is 0. The maximum Gasteiger partial charge on any atom is 0.0972 e. The zero-order valence-corrected chi connectivity index (χ0v) is 25.1. The Kier molecular flexibility index (Phi) is 6.17. The Labute approximate surface area is 267 Å². The first-order valence-corrected chi connectivity index (χ1v) is 15.7. The average molecular weight is 585 g/mol. The lowest BCUT2D eigenvalue weighted by atomic mass is 9.85. The van der Waals surface area contributed by atoms with Gasteiger partial charge >= 0.3 is 0 Å². The van der Waals surface area contributed by atoms with Crippen molar-refractivity contribution in [1.29, 1.82) is 0 Å². The van der Waals surface area contributed by atoms with E-state index < -0.39 is 0 Å². The van der Waals surface area contributed by atoms with E-state index in [4.69, 9.17) is 4.98 Å². The SMILES string of the molecule is c1ccc(-c2c3ccccc3c(-c3ccccc3)c3cc(-c4cccc(-c5ccc6ccc7cccnc7c6n5)c4)ccc23)cc1. The highest BCUT2D eigenvalue weighted by molar-refractivity contribution is 6.22. The van der Waals surface area contributed by atoms with Crippen LogP contribution in [-0.4, -0.2) is 9.97 Å². The Morgan fingerprint density at radius 2 is 0.891 bits per heavy atom. The second-order valence-electron chi connectivity index (χ2n) is 11.8. The van der Waals surface area contributed by atoms with Crippen LogP contribution in [0, 0.1) is 0 Å². The van der Waals surface area contributed by atoms with Gasteiger partial charge < -0.3 is 0 Å². The van der Waals surface area contributed by atoms with Gasteiger partial charge in [0.2, 0.25) is 0 Å². The molecule has 2 aromatic heterocycles. The van der Waals surface area contributed by atoms with Crippen molar-refractivity contribution >= 4 is 43.4 Å². The van der Waals surface area contributed by atoms with Crippen LogP contribution in [0.25, 0.3) is 88.0 Å². The number of pyridine rings is 2. The van der Waals surface area contributed by atoms with E-state index in [1.54, 1.807) is 0 Å². The Bertz CT molecular complexity index is 2570.